The Balaban J connectivity index is 1.69. The number of hydrogen-bond donors (Lipinski definition) is 4. The minimum Gasteiger partial charge on any atom is -0.506 e. The molecule has 0 spiro atoms. The number of nitrogens with zero attached hydrogens (tertiary/aromatic N) is 1. The lowest BCUT2D eigenvalue weighted by atomic mass is 10.2. The largest absolute Gasteiger partial charge is 0.506 e. The van der Waals surface area contributed by atoms with E-state index in [4.69, 9.17) is 23.2 Å². The van der Waals surface area contributed by atoms with Crippen molar-refractivity contribution in [2.75, 3.05) is 10.6 Å². The van der Waals surface area contributed by atoms with Gasteiger partial charge in [-0.05, 0) is 35.9 Å². The van der Waals surface area contributed by atoms with Crippen LogP contribution in [0.5, 0.6) is 5.75 Å². The summed E-state index contributed by atoms with van der Waals surface area (Å²) in [6.07, 6.45) is 1.69. The topological polar surface area (TPSA) is 73.0 Å². The molecule has 0 atom stereocenters. The number of aromatic nitrogens is 2. The molecular formula is C16H14Cl2N4O. The lowest BCUT2D eigenvalue weighted by molar-refractivity contribution is 0.475. The van der Waals surface area contributed by atoms with E-state index in [9.17, 15) is 5.11 Å². The molecule has 0 aliphatic heterocycles. The average molecular weight is 349 g/mol. The van der Waals surface area contributed by atoms with E-state index in [0.717, 1.165) is 22.8 Å². The molecule has 0 amide bonds. The lowest BCUT2D eigenvalue weighted by Gasteiger charge is -2.10. The fourth-order valence-electron chi connectivity index (χ4n) is 2.09. The quantitative estimate of drug-likeness (QED) is 0.535. The Morgan fingerprint density at radius 2 is 2.00 bits per heavy atom. The fraction of sp³-hybridized carbons (Fsp3) is 0.0625. The van der Waals surface area contributed by atoms with Crippen LogP contribution in [0.25, 0.3) is 0 Å². The molecular weight excluding hydrogens is 335 g/mol. The van der Waals surface area contributed by atoms with Gasteiger partial charge in [0.25, 0.3) is 0 Å². The van der Waals surface area contributed by atoms with Gasteiger partial charge < -0.3 is 15.7 Å². The summed E-state index contributed by atoms with van der Waals surface area (Å²) in [5.41, 5.74) is 2.61. The number of H-pyrrole nitrogens is 1. The van der Waals surface area contributed by atoms with Gasteiger partial charge in [-0.1, -0.05) is 35.3 Å². The molecule has 0 unspecified atom stereocenters. The minimum atomic E-state index is 0.0697. The van der Waals surface area contributed by atoms with Gasteiger partial charge in [0.1, 0.15) is 17.3 Å². The van der Waals surface area contributed by atoms with Crippen LogP contribution in [0.4, 0.5) is 17.2 Å². The Morgan fingerprint density at radius 1 is 1.13 bits per heavy atom. The number of anilines is 3. The summed E-state index contributed by atoms with van der Waals surface area (Å²) < 4.78 is 0. The third-order valence-electron chi connectivity index (χ3n) is 3.22. The van der Waals surface area contributed by atoms with Crippen LogP contribution in [0.15, 0.2) is 48.7 Å². The Labute approximate surface area is 143 Å². The van der Waals surface area contributed by atoms with Crippen LogP contribution in [-0.2, 0) is 6.54 Å². The van der Waals surface area contributed by atoms with Crippen molar-refractivity contribution < 1.29 is 5.11 Å². The number of nitrogens with one attached hydrogen (secondary N) is 3. The van der Waals surface area contributed by atoms with Crippen molar-refractivity contribution in [3.63, 3.8) is 0 Å². The van der Waals surface area contributed by atoms with E-state index in [1.807, 2.05) is 24.3 Å². The molecule has 2 aromatic carbocycles. The van der Waals surface area contributed by atoms with E-state index >= 15 is 0 Å². The van der Waals surface area contributed by atoms with Gasteiger partial charge >= 0.3 is 0 Å². The minimum absolute atomic E-state index is 0.0697. The van der Waals surface area contributed by atoms with Gasteiger partial charge in [0.2, 0.25) is 0 Å². The molecule has 0 fully saturated rings. The number of aromatic amines is 1. The molecule has 118 valence electrons. The highest BCUT2D eigenvalue weighted by atomic mass is 35.5. The number of phenolic OH excluding ortho intramolecular Hbond substituents is 1. The van der Waals surface area contributed by atoms with Crippen LogP contribution >= 0.6 is 23.2 Å². The zero-order chi connectivity index (χ0) is 16.2. The Morgan fingerprint density at radius 3 is 2.78 bits per heavy atom. The standard InChI is InChI=1S/C16H14Cl2N4O/c17-11-2-1-3-12(7-11)21-14-9-20-22-16(14)19-8-10-4-5-15(23)13(18)6-10/h1-7,9,21,23H,8H2,(H2,19,20,22). The SMILES string of the molecule is Oc1ccc(CNc2[nH]ncc2Nc2cccc(Cl)c2)cc1Cl. The summed E-state index contributed by atoms with van der Waals surface area (Å²) in [6.45, 7) is 0.534. The molecule has 0 bridgehead atoms. The molecule has 0 radical (unpaired) electrons. The van der Waals surface area contributed by atoms with Crippen molar-refractivity contribution in [1.29, 1.82) is 0 Å². The molecule has 3 rings (SSSR count). The van der Waals surface area contributed by atoms with Gasteiger partial charge in [-0.3, -0.25) is 5.10 Å². The fourth-order valence-corrected chi connectivity index (χ4v) is 2.48. The highest BCUT2D eigenvalue weighted by Gasteiger charge is 2.06. The third-order valence-corrected chi connectivity index (χ3v) is 3.76. The monoisotopic (exact) mass is 348 g/mol. The van der Waals surface area contributed by atoms with Crippen molar-refractivity contribution in [2.24, 2.45) is 0 Å². The zero-order valence-electron chi connectivity index (χ0n) is 12.0. The summed E-state index contributed by atoms with van der Waals surface area (Å²) in [5.74, 6) is 0.814. The molecule has 0 saturated heterocycles. The summed E-state index contributed by atoms with van der Waals surface area (Å²) in [4.78, 5) is 0. The smallest absolute Gasteiger partial charge is 0.145 e. The van der Waals surface area contributed by atoms with Gasteiger partial charge in [0.15, 0.2) is 0 Å². The molecule has 4 N–H and O–H groups in total. The van der Waals surface area contributed by atoms with Crippen LogP contribution in [0.2, 0.25) is 10.0 Å². The maximum absolute atomic E-state index is 9.44. The lowest BCUT2D eigenvalue weighted by Crippen LogP contribution is -2.02. The highest BCUT2D eigenvalue weighted by Crippen LogP contribution is 2.27. The first-order chi connectivity index (χ1) is 11.1. The van der Waals surface area contributed by atoms with E-state index in [2.05, 4.69) is 20.8 Å². The van der Waals surface area contributed by atoms with Crippen LogP contribution < -0.4 is 10.6 Å². The van der Waals surface area contributed by atoms with E-state index < -0.39 is 0 Å². The van der Waals surface area contributed by atoms with E-state index in [-0.39, 0.29) is 5.75 Å². The average Bonchev–Trinajstić information content (AvgIpc) is 2.96. The summed E-state index contributed by atoms with van der Waals surface area (Å²) >= 11 is 11.9. The number of aromatic hydroxyl groups is 1. The van der Waals surface area contributed by atoms with Gasteiger partial charge in [-0.25, -0.2) is 0 Å². The summed E-state index contributed by atoms with van der Waals surface area (Å²) in [6, 6.07) is 12.5. The number of phenols is 1. The van der Waals surface area contributed by atoms with Crippen molar-refractivity contribution in [1.82, 2.24) is 10.2 Å². The Hall–Kier alpha value is -2.37. The molecule has 23 heavy (non-hydrogen) atoms. The molecule has 7 heteroatoms. The first-order valence-electron chi connectivity index (χ1n) is 6.89. The molecule has 1 heterocycles. The normalized spacial score (nSPS) is 10.5. The van der Waals surface area contributed by atoms with Gasteiger partial charge in [-0.2, -0.15) is 5.10 Å². The second-order valence-electron chi connectivity index (χ2n) is 4.93. The second kappa shape index (κ2) is 6.81. The maximum atomic E-state index is 9.44. The third kappa shape index (κ3) is 3.88. The molecule has 1 aromatic heterocycles. The van der Waals surface area contributed by atoms with Gasteiger partial charge in [-0.15, -0.1) is 0 Å². The number of halogens is 2. The van der Waals surface area contributed by atoms with Crippen LogP contribution in [-0.4, -0.2) is 15.3 Å². The molecule has 0 aliphatic rings. The van der Waals surface area contributed by atoms with Crippen molar-refractivity contribution in [3.05, 3.63) is 64.3 Å². The molecule has 0 aliphatic carbocycles. The van der Waals surface area contributed by atoms with E-state index in [1.165, 1.54) is 0 Å². The van der Waals surface area contributed by atoms with Crippen molar-refractivity contribution in [3.8, 4) is 5.75 Å². The van der Waals surface area contributed by atoms with E-state index in [1.54, 1.807) is 24.4 Å². The van der Waals surface area contributed by atoms with Crippen molar-refractivity contribution in [2.45, 2.75) is 6.54 Å². The predicted octanol–water partition coefficient (Wildman–Crippen LogP) is 4.78. The first kappa shape index (κ1) is 15.5. The van der Waals surface area contributed by atoms with E-state index in [0.29, 0.717) is 16.6 Å². The van der Waals surface area contributed by atoms with Gasteiger partial charge in [0.05, 0.1) is 11.2 Å². The number of hydrogen-bond acceptors (Lipinski definition) is 4. The molecule has 0 saturated carbocycles. The Kier molecular flexibility index (Phi) is 4.60. The Bertz CT molecular complexity index is 819. The number of benzene rings is 2. The van der Waals surface area contributed by atoms with Gasteiger partial charge in [0, 0.05) is 17.3 Å². The molecule has 5 nitrogen and oxygen atoms in total. The van der Waals surface area contributed by atoms with Crippen LogP contribution in [0, 0.1) is 0 Å². The second-order valence-corrected chi connectivity index (χ2v) is 5.78. The maximum Gasteiger partial charge on any atom is 0.145 e. The zero-order valence-corrected chi connectivity index (χ0v) is 13.5. The van der Waals surface area contributed by atoms with Crippen molar-refractivity contribution >= 4 is 40.4 Å². The summed E-state index contributed by atoms with van der Waals surface area (Å²) in [5, 5.41) is 23.8. The highest BCUT2D eigenvalue weighted by molar-refractivity contribution is 6.32. The van der Waals surface area contributed by atoms with Crippen LogP contribution in [0.3, 0.4) is 0 Å². The van der Waals surface area contributed by atoms with Crippen LogP contribution in [0.1, 0.15) is 5.56 Å². The predicted molar refractivity (Wildman–Crippen MR) is 93.8 cm³/mol. The number of rotatable bonds is 5. The first-order valence-corrected chi connectivity index (χ1v) is 7.64. The summed E-state index contributed by atoms with van der Waals surface area (Å²) in [7, 11) is 0. The molecule has 3 aromatic rings.